The number of carbonyl (C=O) groups is 2. The summed E-state index contributed by atoms with van der Waals surface area (Å²) in [6.45, 7) is 2.71. The van der Waals surface area contributed by atoms with Gasteiger partial charge in [0.05, 0.1) is 22.0 Å². The number of halogens is 1. The Labute approximate surface area is 306 Å². The van der Waals surface area contributed by atoms with Gasteiger partial charge in [0.25, 0.3) is 0 Å². The number of carbonyl (C=O) groups excluding carboxylic acids is 2. The highest BCUT2D eigenvalue weighted by molar-refractivity contribution is 9.09. The Bertz CT molecular complexity index is 1850. The predicted octanol–water partition coefficient (Wildman–Crippen LogP) is 3.72. The molecule has 0 radical (unpaired) electrons. The number of hydrogen-bond acceptors (Lipinski definition) is 10. The van der Waals surface area contributed by atoms with E-state index in [0.717, 1.165) is 66.6 Å². The highest BCUT2D eigenvalue weighted by Gasteiger charge is 2.74. The summed E-state index contributed by atoms with van der Waals surface area (Å²) >= 11 is 3.38. The van der Waals surface area contributed by atoms with Gasteiger partial charge in [-0.2, -0.15) is 0 Å². The summed E-state index contributed by atoms with van der Waals surface area (Å²) in [4.78, 5) is 27.6. The molecule has 272 valence electrons. The van der Waals surface area contributed by atoms with E-state index in [0.29, 0.717) is 50.0 Å². The Hall–Kier alpha value is -2.70. The van der Waals surface area contributed by atoms with Gasteiger partial charge in [-0.3, -0.25) is 14.5 Å². The smallest absolute Gasteiger partial charge is 0.174 e. The number of aromatic hydroxyl groups is 2. The number of benzene rings is 2. The fourth-order valence-corrected chi connectivity index (χ4v) is 12.4. The lowest BCUT2D eigenvalue weighted by Crippen LogP contribution is -2.76. The summed E-state index contributed by atoms with van der Waals surface area (Å²) in [6.07, 6.45) is 8.79. The van der Waals surface area contributed by atoms with Gasteiger partial charge in [-0.05, 0) is 112 Å². The van der Waals surface area contributed by atoms with E-state index >= 15 is 0 Å². The molecular weight excluding hydrogens is 716 g/mol. The SMILES string of the molecule is BrCC1CC1.O=C1CC[C@@]2(O)[C@H]3Cc4ccc(O)c5c4[C@@]2(CCN3)[C@H]1O5.O=C1CC[C@@]2(O)[C@H]3Cc4ccc(O)c5c4[C@@]2(CCN3CC2CC2)[C@H]1O5. The highest BCUT2D eigenvalue weighted by Crippen LogP contribution is 2.66. The first-order valence-corrected chi connectivity index (χ1v) is 20.3. The molecule has 8 atom stereocenters. The lowest BCUT2D eigenvalue weighted by atomic mass is 9.49. The van der Waals surface area contributed by atoms with E-state index in [9.17, 15) is 30.0 Å². The minimum atomic E-state index is -0.962. The number of aliphatic hydroxyl groups is 2. The molecule has 6 fully saturated rings. The zero-order valence-corrected chi connectivity index (χ0v) is 30.4. The van der Waals surface area contributed by atoms with Crippen molar-refractivity contribution in [3.63, 3.8) is 0 Å². The molecule has 2 aromatic carbocycles. The lowest BCUT2D eigenvalue weighted by Gasteiger charge is -2.62. The maximum absolute atomic E-state index is 12.7. The third kappa shape index (κ3) is 4.30. The average molecular weight is 764 g/mol. The van der Waals surface area contributed by atoms with Crippen molar-refractivity contribution in [3.05, 3.63) is 46.5 Å². The van der Waals surface area contributed by atoms with E-state index in [4.69, 9.17) is 9.47 Å². The van der Waals surface area contributed by atoms with Gasteiger partial charge in [-0.25, -0.2) is 0 Å². The van der Waals surface area contributed by atoms with E-state index in [1.165, 1.54) is 31.0 Å². The number of phenolic OH excluding ortho intramolecular Hbond substituents is 2. The Kier molecular flexibility index (Phi) is 7.20. The number of ketones is 2. The van der Waals surface area contributed by atoms with Crippen molar-refractivity contribution in [2.75, 3.05) is 25.0 Å². The van der Waals surface area contributed by atoms with Crippen molar-refractivity contribution in [1.82, 2.24) is 10.2 Å². The van der Waals surface area contributed by atoms with Crippen molar-refractivity contribution in [2.24, 2.45) is 11.8 Å². The molecule has 12 rings (SSSR count). The summed E-state index contributed by atoms with van der Waals surface area (Å²) in [5.41, 5.74) is 0.785. The summed E-state index contributed by atoms with van der Waals surface area (Å²) in [5.74, 6) is 2.98. The predicted molar refractivity (Wildman–Crippen MR) is 190 cm³/mol. The van der Waals surface area contributed by atoms with Crippen LogP contribution in [0.1, 0.15) is 86.5 Å². The van der Waals surface area contributed by atoms with Gasteiger partial charge in [-0.15, -0.1) is 0 Å². The van der Waals surface area contributed by atoms with Crippen LogP contribution in [0.25, 0.3) is 0 Å². The molecule has 0 unspecified atom stereocenters. The molecule has 4 saturated carbocycles. The quantitative estimate of drug-likeness (QED) is 0.293. The van der Waals surface area contributed by atoms with Gasteiger partial charge in [0, 0.05) is 47.9 Å². The molecule has 2 saturated heterocycles. The van der Waals surface area contributed by atoms with Crippen LogP contribution in [0.15, 0.2) is 24.3 Å². The molecule has 51 heavy (non-hydrogen) atoms. The molecular formula is C40H47BrN2O8. The molecule has 4 aliphatic heterocycles. The van der Waals surface area contributed by atoms with E-state index in [-0.39, 0.29) is 35.1 Å². The fraction of sp³-hybridized carbons (Fsp3) is 0.650. The summed E-state index contributed by atoms with van der Waals surface area (Å²) in [6, 6.07) is 7.18. The molecule has 10 nitrogen and oxygen atoms in total. The van der Waals surface area contributed by atoms with Gasteiger partial charge in [0.2, 0.25) is 0 Å². The van der Waals surface area contributed by atoms with Crippen LogP contribution in [0.2, 0.25) is 0 Å². The Balaban J connectivity index is 0.000000114. The first kappa shape index (κ1) is 32.9. The van der Waals surface area contributed by atoms with Crippen LogP contribution in [0.4, 0.5) is 0 Å². The summed E-state index contributed by atoms with van der Waals surface area (Å²) in [5, 5.41) is 48.5. The molecule has 0 amide bonds. The molecule has 5 N–H and O–H groups in total. The van der Waals surface area contributed by atoms with E-state index in [1.54, 1.807) is 12.1 Å². The maximum Gasteiger partial charge on any atom is 0.174 e. The number of ether oxygens (including phenoxy) is 2. The Morgan fingerprint density at radius 1 is 0.765 bits per heavy atom. The lowest BCUT2D eigenvalue weighted by molar-refractivity contribution is -0.188. The first-order chi connectivity index (χ1) is 24.6. The third-order valence-electron chi connectivity index (χ3n) is 14.6. The molecule has 0 aromatic heterocycles. The number of phenols is 2. The van der Waals surface area contributed by atoms with Crippen LogP contribution in [0, 0.1) is 11.8 Å². The molecule has 4 heterocycles. The molecule has 2 spiro atoms. The van der Waals surface area contributed by atoms with E-state index in [1.807, 2.05) is 12.1 Å². The van der Waals surface area contributed by atoms with E-state index in [2.05, 4.69) is 26.1 Å². The van der Waals surface area contributed by atoms with Crippen LogP contribution < -0.4 is 14.8 Å². The van der Waals surface area contributed by atoms with Gasteiger partial charge in [-0.1, -0.05) is 28.1 Å². The van der Waals surface area contributed by atoms with Crippen molar-refractivity contribution >= 4 is 27.5 Å². The second-order valence-corrected chi connectivity index (χ2v) is 17.7. The molecule has 11 heteroatoms. The Morgan fingerprint density at radius 2 is 1.33 bits per heavy atom. The second kappa shape index (κ2) is 11.2. The number of Topliss-reactive ketones (excluding diaryl/α,β-unsaturated/α-hetero) is 2. The van der Waals surface area contributed by atoms with Crippen LogP contribution in [0.3, 0.4) is 0 Å². The minimum absolute atomic E-state index is 0.0452. The van der Waals surface area contributed by atoms with Crippen molar-refractivity contribution in [1.29, 1.82) is 0 Å². The number of likely N-dealkylation sites (tertiary alicyclic amines) is 1. The monoisotopic (exact) mass is 762 g/mol. The number of piperidine rings is 2. The standard InChI is InChI=1S/C20H23NO4.C16H17NO4.C4H7Br/c22-13-4-3-12-9-15-20(24)6-5-14(23)18-19(20,16(12)17(13)25-18)7-8-21(15)10-11-1-2-11;18-9-2-1-8-7-11-16(20)4-3-10(19)14-15(16,5-6-17-11)12(8)13(9)21-14;5-3-4-1-2-4/h3-4,11,15,18,22,24H,1-2,5-10H2;1-2,11,14,17-18,20H,3-7H2;4H,1-3H2/t15-,18+,19+,20-;11-,14+,15+,16-;/m11./s1. The maximum atomic E-state index is 12.7. The molecule has 2 aromatic rings. The molecule has 4 bridgehead atoms. The van der Waals surface area contributed by atoms with Crippen LogP contribution in [0.5, 0.6) is 23.0 Å². The second-order valence-electron chi connectivity index (χ2n) is 17.1. The largest absolute Gasteiger partial charge is 0.504 e. The average Bonchev–Trinajstić information content (AvgIpc) is 4.05. The number of nitrogens with zero attached hydrogens (tertiary/aromatic N) is 1. The summed E-state index contributed by atoms with van der Waals surface area (Å²) in [7, 11) is 0. The topological polar surface area (TPSA) is 149 Å². The number of nitrogens with one attached hydrogen (secondary N) is 1. The summed E-state index contributed by atoms with van der Waals surface area (Å²) < 4.78 is 11.9. The zero-order valence-electron chi connectivity index (χ0n) is 28.8. The van der Waals surface area contributed by atoms with Gasteiger partial charge in [0.1, 0.15) is 0 Å². The Morgan fingerprint density at radius 3 is 1.90 bits per heavy atom. The molecule has 6 aliphatic carbocycles. The van der Waals surface area contributed by atoms with Crippen LogP contribution in [-0.4, -0.2) is 97.4 Å². The van der Waals surface area contributed by atoms with Crippen molar-refractivity contribution < 1.29 is 39.5 Å². The fourth-order valence-electron chi connectivity index (χ4n) is 11.8. The number of hydrogen-bond donors (Lipinski definition) is 5. The zero-order chi connectivity index (χ0) is 35.1. The third-order valence-corrected chi connectivity index (χ3v) is 15.5. The number of rotatable bonds is 3. The molecule has 10 aliphatic rings. The van der Waals surface area contributed by atoms with Gasteiger partial charge >= 0.3 is 0 Å². The normalized spacial score (nSPS) is 40.1. The van der Waals surface area contributed by atoms with Crippen LogP contribution in [-0.2, 0) is 33.3 Å². The van der Waals surface area contributed by atoms with Gasteiger partial charge in [0.15, 0.2) is 46.8 Å². The van der Waals surface area contributed by atoms with Crippen LogP contribution >= 0.6 is 15.9 Å². The number of alkyl halides is 1. The minimum Gasteiger partial charge on any atom is -0.504 e. The van der Waals surface area contributed by atoms with Gasteiger partial charge < -0.3 is 35.2 Å². The first-order valence-electron chi connectivity index (χ1n) is 19.1. The highest BCUT2D eigenvalue weighted by atomic mass is 79.9. The van der Waals surface area contributed by atoms with E-state index < -0.39 is 34.2 Å². The van der Waals surface area contributed by atoms with Crippen molar-refractivity contribution in [3.8, 4) is 23.0 Å². The van der Waals surface area contributed by atoms with Crippen molar-refractivity contribution in [2.45, 2.75) is 123 Å².